The Labute approximate surface area is 112 Å². The van der Waals surface area contributed by atoms with E-state index in [0.717, 1.165) is 18.2 Å². The highest BCUT2D eigenvalue weighted by atomic mass is 32.2. The summed E-state index contributed by atoms with van der Waals surface area (Å²) in [5.41, 5.74) is 5.19. The molecule has 106 valence electrons. The van der Waals surface area contributed by atoms with Gasteiger partial charge in [0, 0.05) is 18.2 Å². The molecule has 0 saturated carbocycles. The van der Waals surface area contributed by atoms with Crippen LogP contribution >= 0.6 is 0 Å². The molecule has 0 aliphatic heterocycles. The van der Waals surface area contributed by atoms with Crippen LogP contribution in [0, 0.1) is 16.0 Å². The minimum atomic E-state index is -3.78. The van der Waals surface area contributed by atoms with Gasteiger partial charge in [-0.3, -0.25) is 10.1 Å². The average molecular weight is 287 g/mol. The van der Waals surface area contributed by atoms with Crippen LogP contribution in [0.4, 0.5) is 11.4 Å². The van der Waals surface area contributed by atoms with Gasteiger partial charge in [0.1, 0.15) is 4.90 Å². The molecule has 7 nitrogen and oxygen atoms in total. The first-order chi connectivity index (χ1) is 8.65. The molecule has 0 heterocycles. The van der Waals surface area contributed by atoms with Crippen molar-refractivity contribution < 1.29 is 13.3 Å². The van der Waals surface area contributed by atoms with Gasteiger partial charge in [0.25, 0.3) is 5.69 Å². The van der Waals surface area contributed by atoms with Gasteiger partial charge in [-0.1, -0.05) is 13.8 Å². The zero-order valence-electron chi connectivity index (χ0n) is 11.0. The van der Waals surface area contributed by atoms with E-state index in [0.29, 0.717) is 0 Å². The maximum absolute atomic E-state index is 12.1. The summed E-state index contributed by atoms with van der Waals surface area (Å²) in [5.74, 6) is 0.119. The third-order valence-corrected chi connectivity index (χ3v) is 4.47. The van der Waals surface area contributed by atoms with Gasteiger partial charge in [-0.25, -0.2) is 13.1 Å². The van der Waals surface area contributed by atoms with Crippen LogP contribution in [0.1, 0.15) is 20.8 Å². The van der Waals surface area contributed by atoms with Gasteiger partial charge >= 0.3 is 0 Å². The number of sulfonamides is 1. The van der Waals surface area contributed by atoms with E-state index in [1.165, 1.54) is 0 Å². The Morgan fingerprint density at radius 3 is 2.32 bits per heavy atom. The van der Waals surface area contributed by atoms with Gasteiger partial charge in [0.15, 0.2) is 0 Å². The predicted molar refractivity (Wildman–Crippen MR) is 72.1 cm³/mol. The molecule has 1 aromatic rings. The lowest BCUT2D eigenvalue weighted by atomic mass is 10.1. The summed E-state index contributed by atoms with van der Waals surface area (Å²) < 4.78 is 26.7. The molecule has 3 N–H and O–H groups in total. The fourth-order valence-corrected chi connectivity index (χ4v) is 2.84. The topological polar surface area (TPSA) is 115 Å². The van der Waals surface area contributed by atoms with Crippen LogP contribution in [0.3, 0.4) is 0 Å². The minimum absolute atomic E-state index is 0.119. The Kier molecular flexibility index (Phi) is 4.48. The molecule has 0 aliphatic rings. The quantitative estimate of drug-likeness (QED) is 0.483. The number of nitrogens with one attached hydrogen (secondary N) is 1. The van der Waals surface area contributed by atoms with Crippen molar-refractivity contribution in [2.24, 2.45) is 5.92 Å². The SMILES string of the molecule is CC(C)C(C)NS(=O)(=O)c1ccc([N+](=O)[O-])cc1N. The van der Waals surface area contributed by atoms with Crippen LogP contribution in [0.5, 0.6) is 0 Å². The number of anilines is 1. The fourth-order valence-electron chi connectivity index (χ4n) is 1.34. The molecule has 1 aromatic carbocycles. The molecule has 1 unspecified atom stereocenters. The summed E-state index contributed by atoms with van der Waals surface area (Å²) in [7, 11) is -3.78. The number of nitrogen functional groups attached to an aromatic ring is 1. The lowest BCUT2D eigenvalue weighted by molar-refractivity contribution is -0.384. The molecule has 0 aromatic heterocycles. The van der Waals surface area contributed by atoms with Gasteiger partial charge in [-0.05, 0) is 18.9 Å². The number of rotatable bonds is 5. The number of nitro benzene ring substituents is 1. The average Bonchev–Trinajstić information content (AvgIpc) is 2.27. The molecule has 19 heavy (non-hydrogen) atoms. The summed E-state index contributed by atoms with van der Waals surface area (Å²) in [6.45, 7) is 5.50. The number of non-ortho nitro benzene ring substituents is 1. The molecule has 1 atom stereocenters. The highest BCUT2D eigenvalue weighted by Gasteiger charge is 2.23. The largest absolute Gasteiger partial charge is 0.397 e. The number of nitrogens with two attached hydrogens (primary N) is 1. The lowest BCUT2D eigenvalue weighted by Crippen LogP contribution is -2.36. The smallest absolute Gasteiger partial charge is 0.271 e. The van der Waals surface area contributed by atoms with Crippen molar-refractivity contribution >= 4 is 21.4 Å². The van der Waals surface area contributed by atoms with Crippen molar-refractivity contribution in [2.75, 3.05) is 5.73 Å². The first-order valence-electron chi connectivity index (χ1n) is 5.71. The van der Waals surface area contributed by atoms with E-state index in [1.807, 2.05) is 13.8 Å². The van der Waals surface area contributed by atoms with E-state index in [9.17, 15) is 18.5 Å². The van der Waals surface area contributed by atoms with E-state index < -0.39 is 14.9 Å². The summed E-state index contributed by atoms with van der Waals surface area (Å²) >= 11 is 0. The number of hydrogen-bond donors (Lipinski definition) is 2. The van der Waals surface area contributed by atoms with Gasteiger partial charge in [0.2, 0.25) is 10.0 Å². The Morgan fingerprint density at radius 2 is 1.89 bits per heavy atom. The number of hydrogen-bond acceptors (Lipinski definition) is 5. The van der Waals surface area contributed by atoms with Crippen LogP contribution in [0.15, 0.2) is 23.1 Å². The monoisotopic (exact) mass is 287 g/mol. The minimum Gasteiger partial charge on any atom is -0.397 e. The van der Waals surface area contributed by atoms with E-state index in [4.69, 9.17) is 5.73 Å². The highest BCUT2D eigenvalue weighted by molar-refractivity contribution is 7.89. The molecule has 0 amide bonds. The maximum Gasteiger partial charge on any atom is 0.271 e. The number of nitrogens with zero attached hydrogens (tertiary/aromatic N) is 1. The van der Waals surface area contributed by atoms with Gasteiger partial charge in [-0.15, -0.1) is 0 Å². The van der Waals surface area contributed by atoms with E-state index in [1.54, 1.807) is 6.92 Å². The maximum atomic E-state index is 12.1. The Balaban J connectivity index is 3.12. The zero-order valence-corrected chi connectivity index (χ0v) is 11.8. The van der Waals surface area contributed by atoms with Crippen molar-refractivity contribution in [3.63, 3.8) is 0 Å². The zero-order chi connectivity index (χ0) is 14.8. The second-order valence-electron chi connectivity index (χ2n) is 4.63. The third kappa shape index (κ3) is 3.65. The summed E-state index contributed by atoms with van der Waals surface area (Å²) in [5, 5.41) is 10.6. The molecule has 0 spiro atoms. The molecule has 0 radical (unpaired) electrons. The van der Waals surface area contributed by atoms with Crippen LogP contribution < -0.4 is 10.5 Å². The van der Waals surface area contributed by atoms with Crippen molar-refractivity contribution in [3.8, 4) is 0 Å². The van der Waals surface area contributed by atoms with Gasteiger partial charge in [-0.2, -0.15) is 0 Å². The normalized spacial score (nSPS) is 13.5. The van der Waals surface area contributed by atoms with Crippen molar-refractivity contribution in [1.29, 1.82) is 0 Å². The molecule has 0 fully saturated rings. The second-order valence-corrected chi connectivity index (χ2v) is 6.32. The molecular formula is C11H17N3O4S. The second kappa shape index (κ2) is 5.54. The molecule has 0 bridgehead atoms. The Hall–Kier alpha value is -1.67. The van der Waals surface area contributed by atoms with E-state index in [2.05, 4.69) is 4.72 Å². The summed E-state index contributed by atoms with van der Waals surface area (Å²) in [6.07, 6.45) is 0. The first-order valence-corrected chi connectivity index (χ1v) is 7.19. The van der Waals surface area contributed by atoms with Gasteiger partial charge in [0.05, 0.1) is 10.6 Å². The van der Waals surface area contributed by atoms with Gasteiger partial charge < -0.3 is 5.73 Å². The van der Waals surface area contributed by atoms with Crippen LogP contribution in [-0.4, -0.2) is 19.4 Å². The van der Waals surface area contributed by atoms with E-state index >= 15 is 0 Å². The Morgan fingerprint density at radius 1 is 1.32 bits per heavy atom. The fraction of sp³-hybridized carbons (Fsp3) is 0.455. The summed E-state index contributed by atoms with van der Waals surface area (Å²) in [6, 6.07) is 3.03. The molecule has 1 rings (SSSR count). The lowest BCUT2D eigenvalue weighted by Gasteiger charge is -2.18. The van der Waals surface area contributed by atoms with Crippen molar-refractivity contribution in [1.82, 2.24) is 4.72 Å². The predicted octanol–water partition coefficient (Wildman–Crippen LogP) is 1.50. The van der Waals surface area contributed by atoms with Crippen LogP contribution in [-0.2, 0) is 10.0 Å². The third-order valence-electron chi connectivity index (χ3n) is 2.83. The molecule has 0 saturated heterocycles. The number of nitro groups is 1. The number of benzene rings is 1. The van der Waals surface area contributed by atoms with Crippen LogP contribution in [0.25, 0.3) is 0 Å². The standard InChI is InChI=1S/C11H17N3O4S/c1-7(2)8(3)13-19(17,18)11-5-4-9(14(15)16)6-10(11)12/h4-8,13H,12H2,1-3H3. The Bertz CT molecular complexity index is 584. The molecule has 0 aliphatic carbocycles. The van der Waals surface area contributed by atoms with Crippen molar-refractivity contribution in [3.05, 3.63) is 28.3 Å². The van der Waals surface area contributed by atoms with E-state index in [-0.39, 0.29) is 28.2 Å². The highest BCUT2D eigenvalue weighted by Crippen LogP contribution is 2.24. The molecule has 8 heteroatoms. The molecular weight excluding hydrogens is 270 g/mol. The van der Waals surface area contributed by atoms with Crippen molar-refractivity contribution in [2.45, 2.75) is 31.7 Å². The summed E-state index contributed by atoms with van der Waals surface area (Å²) in [4.78, 5) is 9.79. The first kappa shape index (κ1) is 15.4. The van der Waals surface area contributed by atoms with Crippen LogP contribution in [0.2, 0.25) is 0 Å².